The van der Waals surface area contributed by atoms with Gasteiger partial charge in [0.15, 0.2) is 6.29 Å². The predicted molar refractivity (Wildman–Crippen MR) is 177 cm³/mol. The Kier molecular flexibility index (Phi) is 10.0. The van der Waals surface area contributed by atoms with Gasteiger partial charge in [-0.25, -0.2) is 0 Å². The number of aliphatic hydroxyl groups is 1. The van der Waals surface area contributed by atoms with Crippen LogP contribution >= 0.6 is 11.8 Å². The highest BCUT2D eigenvalue weighted by atomic mass is 32.2. The molecule has 45 heavy (non-hydrogen) atoms. The fourth-order valence-corrected chi connectivity index (χ4v) is 6.64. The van der Waals surface area contributed by atoms with Gasteiger partial charge in [0.05, 0.1) is 24.4 Å². The first-order valence-corrected chi connectivity index (χ1v) is 16.1. The minimum Gasteiger partial charge on any atom is -0.392 e. The Hall–Kier alpha value is -4.27. The molecular weight excluding hydrogens is 580 g/mol. The highest BCUT2D eigenvalue weighted by Crippen LogP contribution is 2.43. The summed E-state index contributed by atoms with van der Waals surface area (Å²) in [7, 11) is 0. The number of aliphatic hydroxyl groups excluding tert-OH is 1. The molecule has 0 saturated carbocycles. The van der Waals surface area contributed by atoms with E-state index in [2.05, 4.69) is 71.8 Å². The Morgan fingerprint density at radius 3 is 2.31 bits per heavy atom. The molecule has 228 valence electrons. The van der Waals surface area contributed by atoms with E-state index in [4.69, 9.17) is 9.47 Å². The van der Waals surface area contributed by atoms with E-state index >= 15 is 0 Å². The zero-order valence-corrected chi connectivity index (χ0v) is 25.9. The first kappa shape index (κ1) is 30.7. The first-order chi connectivity index (χ1) is 22.1. The number of aromatic nitrogens is 1. The molecule has 7 heteroatoms. The first-order valence-electron chi connectivity index (χ1n) is 15.1. The second-order valence-electron chi connectivity index (χ2n) is 11.1. The molecule has 1 amide bonds. The molecular formula is C38H36N2O4S. The molecule has 6 nitrogen and oxygen atoms in total. The average molecular weight is 617 g/mol. The van der Waals surface area contributed by atoms with Gasteiger partial charge in [0.25, 0.3) is 5.91 Å². The van der Waals surface area contributed by atoms with Crippen LogP contribution in [-0.4, -0.2) is 27.9 Å². The van der Waals surface area contributed by atoms with Crippen LogP contribution in [0.1, 0.15) is 51.9 Å². The summed E-state index contributed by atoms with van der Waals surface area (Å²) in [4.78, 5) is 17.9. The molecule has 4 aromatic carbocycles. The van der Waals surface area contributed by atoms with Crippen LogP contribution in [0.3, 0.4) is 0 Å². The SMILES string of the molecule is CC1C(CSc2ccccc2)OC(c2ccc(-c3ccccc3CNC(=O)c3cccnc3)cc2)OC1c1ccc(CO)cc1. The predicted octanol–water partition coefficient (Wildman–Crippen LogP) is 7.75. The number of hydrogen-bond donors (Lipinski definition) is 2. The van der Waals surface area contributed by atoms with Crippen LogP contribution in [0.2, 0.25) is 0 Å². The summed E-state index contributed by atoms with van der Waals surface area (Å²) in [6.07, 6.45) is 2.48. The maximum absolute atomic E-state index is 12.6. The highest BCUT2D eigenvalue weighted by Gasteiger charge is 2.38. The van der Waals surface area contributed by atoms with Crippen LogP contribution in [0.25, 0.3) is 11.1 Å². The fraction of sp³-hybridized carbons (Fsp3) is 0.211. The Morgan fingerprint density at radius 2 is 1.58 bits per heavy atom. The number of carbonyl (C=O) groups is 1. The minimum absolute atomic E-state index is 0.00971. The van der Waals surface area contributed by atoms with Gasteiger partial charge in [0, 0.05) is 41.1 Å². The molecule has 0 bridgehead atoms. The average Bonchev–Trinajstić information content (AvgIpc) is 3.11. The van der Waals surface area contributed by atoms with E-state index in [0.717, 1.165) is 39.1 Å². The van der Waals surface area contributed by atoms with Crippen LogP contribution in [0.4, 0.5) is 0 Å². The molecule has 1 aromatic heterocycles. The molecule has 6 rings (SSSR count). The molecule has 0 spiro atoms. The molecule has 0 aliphatic carbocycles. The van der Waals surface area contributed by atoms with Gasteiger partial charge in [-0.1, -0.05) is 97.9 Å². The molecule has 5 aromatic rings. The van der Waals surface area contributed by atoms with Crippen LogP contribution in [0, 0.1) is 5.92 Å². The zero-order chi connectivity index (χ0) is 31.0. The summed E-state index contributed by atoms with van der Waals surface area (Å²) in [5.74, 6) is 0.757. The summed E-state index contributed by atoms with van der Waals surface area (Å²) < 4.78 is 13.3. The number of pyridine rings is 1. The number of rotatable bonds is 10. The number of amides is 1. The van der Waals surface area contributed by atoms with Crippen molar-refractivity contribution in [2.45, 2.75) is 43.5 Å². The molecule has 1 saturated heterocycles. The van der Waals surface area contributed by atoms with Gasteiger partial charge in [-0.3, -0.25) is 9.78 Å². The molecule has 2 N–H and O–H groups in total. The van der Waals surface area contributed by atoms with Crippen molar-refractivity contribution in [2.24, 2.45) is 5.92 Å². The lowest BCUT2D eigenvalue weighted by atomic mass is 9.91. The number of thioether (sulfide) groups is 1. The van der Waals surface area contributed by atoms with Gasteiger partial charge in [-0.15, -0.1) is 11.8 Å². The summed E-state index contributed by atoms with van der Waals surface area (Å²) in [6.45, 7) is 2.59. The Bertz CT molecular complexity index is 1680. The minimum atomic E-state index is -0.534. The number of hydrogen-bond acceptors (Lipinski definition) is 6. The van der Waals surface area contributed by atoms with E-state index in [1.807, 2.05) is 48.5 Å². The maximum atomic E-state index is 12.6. The molecule has 4 atom stereocenters. The highest BCUT2D eigenvalue weighted by molar-refractivity contribution is 7.99. The molecule has 1 aliphatic rings. The lowest BCUT2D eigenvalue weighted by Gasteiger charge is -2.41. The normalized spacial score (nSPS) is 19.6. The van der Waals surface area contributed by atoms with Crippen molar-refractivity contribution in [3.8, 4) is 11.1 Å². The molecule has 1 aliphatic heterocycles. The number of nitrogens with zero attached hydrogens (tertiary/aromatic N) is 1. The summed E-state index contributed by atoms with van der Waals surface area (Å²) >= 11 is 1.79. The number of benzene rings is 4. The Morgan fingerprint density at radius 1 is 0.844 bits per heavy atom. The van der Waals surface area contributed by atoms with Gasteiger partial charge in [-0.05, 0) is 52.1 Å². The quantitative estimate of drug-likeness (QED) is 0.156. The van der Waals surface area contributed by atoms with Gasteiger partial charge >= 0.3 is 0 Å². The number of carbonyl (C=O) groups excluding carboxylic acids is 1. The van der Waals surface area contributed by atoms with Crippen molar-refractivity contribution in [1.82, 2.24) is 10.3 Å². The van der Waals surface area contributed by atoms with E-state index in [1.165, 1.54) is 4.90 Å². The second kappa shape index (κ2) is 14.7. The monoisotopic (exact) mass is 616 g/mol. The third kappa shape index (κ3) is 7.52. The zero-order valence-electron chi connectivity index (χ0n) is 25.1. The number of nitrogens with one attached hydrogen (secondary N) is 1. The largest absolute Gasteiger partial charge is 0.392 e. The third-order valence-electron chi connectivity index (χ3n) is 8.16. The van der Waals surface area contributed by atoms with Gasteiger partial charge in [0.2, 0.25) is 0 Å². The lowest BCUT2D eigenvalue weighted by Crippen LogP contribution is -2.38. The van der Waals surface area contributed by atoms with Crippen molar-refractivity contribution in [1.29, 1.82) is 0 Å². The van der Waals surface area contributed by atoms with Gasteiger partial charge in [-0.2, -0.15) is 0 Å². The van der Waals surface area contributed by atoms with Crippen LogP contribution in [0.5, 0.6) is 0 Å². The molecule has 2 heterocycles. The van der Waals surface area contributed by atoms with E-state index in [0.29, 0.717) is 12.1 Å². The van der Waals surface area contributed by atoms with Gasteiger partial charge < -0.3 is 19.9 Å². The van der Waals surface area contributed by atoms with Crippen LogP contribution < -0.4 is 5.32 Å². The third-order valence-corrected chi connectivity index (χ3v) is 9.26. The van der Waals surface area contributed by atoms with E-state index in [1.54, 1.807) is 36.3 Å². The van der Waals surface area contributed by atoms with Crippen molar-refractivity contribution >= 4 is 17.7 Å². The van der Waals surface area contributed by atoms with Gasteiger partial charge in [0.1, 0.15) is 0 Å². The topological polar surface area (TPSA) is 80.7 Å². The van der Waals surface area contributed by atoms with E-state index in [9.17, 15) is 9.90 Å². The fourth-order valence-electron chi connectivity index (χ4n) is 5.56. The Labute approximate surface area is 268 Å². The van der Waals surface area contributed by atoms with E-state index in [-0.39, 0.29) is 30.6 Å². The summed E-state index contributed by atoms with van der Waals surface area (Å²) in [5.41, 5.74) is 6.53. The van der Waals surface area contributed by atoms with Crippen molar-refractivity contribution < 1.29 is 19.4 Å². The standard InChI is InChI=1S/C38H36N2O4S/c1-26-35(25-45-33-10-3-2-4-11-33)43-38(44-36(26)29-15-13-27(24-41)14-16-29)30-19-17-28(18-20-30)34-12-6-5-8-31(34)23-40-37(42)32-9-7-21-39-22-32/h2-22,26,35-36,38,41H,23-25H2,1H3,(H,40,42). The lowest BCUT2D eigenvalue weighted by molar-refractivity contribution is -0.268. The van der Waals surface area contributed by atoms with E-state index < -0.39 is 6.29 Å². The molecule has 4 unspecified atom stereocenters. The molecule has 0 radical (unpaired) electrons. The summed E-state index contributed by atoms with van der Waals surface area (Å²) in [6, 6.07) is 38.3. The smallest absolute Gasteiger partial charge is 0.253 e. The van der Waals surface area contributed by atoms with Crippen molar-refractivity contribution in [3.05, 3.63) is 155 Å². The maximum Gasteiger partial charge on any atom is 0.253 e. The molecule has 1 fully saturated rings. The van der Waals surface area contributed by atoms with Crippen molar-refractivity contribution in [2.75, 3.05) is 5.75 Å². The second-order valence-corrected chi connectivity index (χ2v) is 12.2. The Balaban J connectivity index is 1.21. The van der Waals surface area contributed by atoms with Crippen LogP contribution in [-0.2, 0) is 22.6 Å². The summed E-state index contributed by atoms with van der Waals surface area (Å²) in [5, 5.41) is 12.6. The van der Waals surface area contributed by atoms with Crippen molar-refractivity contribution in [3.63, 3.8) is 0 Å². The van der Waals surface area contributed by atoms with Crippen LogP contribution in [0.15, 0.2) is 133 Å². The number of ether oxygens (including phenoxy) is 2.